The molecular weight excluding hydrogens is 372 g/mol. The van der Waals surface area contributed by atoms with E-state index in [2.05, 4.69) is 29.6 Å². The number of benzene rings is 1. The van der Waals surface area contributed by atoms with Crippen molar-refractivity contribution >= 4 is 44.2 Å². The van der Waals surface area contributed by atoms with Gasteiger partial charge in [-0.1, -0.05) is 18.2 Å². The summed E-state index contributed by atoms with van der Waals surface area (Å²) >= 11 is 7.33. The molecule has 7 heteroatoms. The van der Waals surface area contributed by atoms with Gasteiger partial charge in [0.05, 0.1) is 18.1 Å². The van der Waals surface area contributed by atoms with Gasteiger partial charge >= 0.3 is 0 Å². The first-order chi connectivity index (χ1) is 11.8. The van der Waals surface area contributed by atoms with Crippen molar-refractivity contribution in [3.05, 3.63) is 51.7 Å². The zero-order chi connectivity index (χ0) is 18.0. The van der Waals surface area contributed by atoms with Crippen LogP contribution in [0.25, 0.3) is 0 Å². The van der Waals surface area contributed by atoms with Gasteiger partial charge in [-0.2, -0.15) is 0 Å². The lowest BCUT2D eigenvalue weighted by molar-refractivity contribution is 0.335. The van der Waals surface area contributed by atoms with Crippen LogP contribution >= 0.6 is 23.6 Å². The first kappa shape index (κ1) is 18.4. The molecule has 1 aliphatic rings. The zero-order valence-electron chi connectivity index (χ0n) is 14.4. The van der Waals surface area contributed by atoms with Crippen LogP contribution < -0.4 is 5.32 Å². The lowest BCUT2D eigenvalue weighted by atomic mass is 10.1. The van der Waals surface area contributed by atoms with Gasteiger partial charge in [0.1, 0.15) is 0 Å². The summed E-state index contributed by atoms with van der Waals surface area (Å²) < 4.78 is 23.9. The summed E-state index contributed by atoms with van der Waals surface area (Å²) in [5.41, 5.74) is 3.24. The Morgan fingerprint density at radius 2 is 2.16 bits per heavy atom. The molecule has 25 heavy (non-hydrogen) atoms. The Bertz CT molecular complexity index is 860. The van der Waals surface area contributed by atoms with Crippen molar-refractivity contribution in [1.82, 2.24) is 4.90 Å². The summed E-state index contributed by atoms with van der Waals surface area (Å²) in [6.45, 7) is 4.71. The van der Waals surface area contributed by atoms with Crippen LogP contribution in [0.4, 0.5) is 5.69 Å². The van der Waals surface area contributed by atoms with Gasteiger partial charge in [0.25, 0.3) is 0 Å². The second kappa shape index (κ2) is 7.43. The van der Waals surface area contributed by atoms with Crippen LogP contribution in [0, 0.1) is 13.8 Å². The van der Waals surface area contributed by atoms with Gasteiger partial charge in [-0.3, -0.25) is 0 Å². The molecule has 2 aromatic rings. The van der Waals surface area contributed by atoms with Gasteiger partial charge in [0.15, 0.2) is 14.9 Å². The molecule has 0 saturated carbocycles. The van der Waals surface area contributed by atoms with E-state index in [9.17, 15) is 8.42 Å². The highest BCUT2D eigenvalue weighted by Gasteiger charge is 2.33. The molecule has 1 N–H and O–H groups in total. The van der Waals surface area contributed by atoms with Crippen molar-refractivity contribution in [3.8, 4) is 0 Å². The van der Waals surface area contributed by atoms with Crippen LogP contribution in [0.2, 0.25) is 0 Å². The Morgan fingerprint density at radius 3 is 2.80 bits per heavy atom. The average molecular weight is 395 g/mol. The lowest BCUT2D eigenvalue weighted by Crippen LogP contribution is -2.42. The molecular formula is C18H22N2O2S3. The van der Waals surface area contributed by atoms with Crippen LogP contribution in [0.15, 0.2) is 35.7 Å². The molecule has 0 amide bonds. The zero-order valence-corrected chi connectivity index (χ0v) is 16.8. The van der Waals surface area contributed by atoms with Crippen LogP contribution in [0.5, 0.6) is 0 Å². The second-order valence-corrected chi connectivity index (χ2v) is 10.2. The maximum atomic E-state index is 11.9. The number of hydrogen-bond acceptors (Lipinski definition) is 4. The van der Waals surface area contributed by atoms with E-state index in [0.29, 0.717) is 18.1 Å². The molecule has 1 aromatic carbocycles. The van der Waals surface area contributed by atoms with Gasteiger partial charge in [0.2, 0.25) is 0 Å². The number of thiophene rings is 1. The lowest BCUT2D eigenvalue weighted by Gasteiger charge is -2.31. The maximum absolute atomic E-state index is 11.9. The second-order valence-electron chi connectivity index (χ2n) is 6.51. The minimum absolute atomic E-state index is 0.0720. The molecule has 0 unspecified atom stereocenters. The highest BCUT2D eigenvalue weighted by Crippen LogP contribution is 2.24. The highest BCUT2D eigenvalue weighted by molar-refractivity contribution is 7.91. The number of hydrogen-bond donors (Lipinski definition) is 1. The van der Waals surface area contributed by atoms with Crippen molar-refractivity contribution < 1.29 is 8.42 Å². The minimum atomic E-state index is -2.97. The molecule has 134 valence electrons. The Balaban J connectivity index is 1.82. The van der Waals surface area contributed by atoms with E-state index in [0.717, 1.165) is 16.8 Å². The SMILES string of the molecule is Cc1ccc(C)c(NC(=S)N(Cc2cccs2)[C@@H]2CCS(=O)(=O)C2)c1. The quantitative estimate of drug-likeness (QED) is 0.801. The first-order valence-corrected chi connectivity index (χ1v) is 11.3. The van der Waals surface area contributed by atoms with Crippen LogP contribution in [-0.4, -0.2) is 36.0 Å². The van der Waals surface area contributed by atoms with E-state index in [1.165, 1.54) is 4.88 Å². The molecule has 0 aliphatic carbocycles. The van der Waals surface area contributed by atoms with Gasteiger partial charge in [-0.05, 0) is 61.1 Å². The third-order valence-corrected chi connectivity index (χ3v) is 7.40. The number of rotatable bonds is 4. The third-order valence-electron chi connectivity index (χ3n) is 4.45. The highest BCUT2D eigenvalue weighted by atomic mass is 32.2. The van der Waals surface area contributed by atoms with E-state index in [1.807, 2.05) is 30.2 Å². The smallest absolute Gasteiger partial charge is 0.174 e. The fraction of sp³-hybridized carbons (Fsp3) is 0.389. The molecule has 0 bridgehead atoms. The van der Waals surface area contributed by atoms with Gasteiger partial charge < -0.3 is 10.2 Å². The Labute approximate surface area is 158 Å². The molecule has 1 aromatic heterocycles. The number of aryl methyl sites for hydroxylation is 2. The summed E-state index contributed by atoms with van der Waals surface area (Å²) in [5, 5.41) is 5.95. The molecule has 3 rings (SSSR count). The molecule has 1 saturated heterocycles. The molecule has 1 fully saturated rings. The van der Waals surface area contributed by atoms with Gasteiger partial charge in [0, 0.05) is 16.6 Å². The first-order valence-electron chi connectivity index (χ1n) is 8.22. The fourth-order valence-electron chi connectivity index (χ4n) is 3.02. The van der Waals surface area contributed by atoms with E-state index < -0.39 is 9.84 Å². The molecule has 0 radical (unpaired) electrons. The van der Waals surface area contributed by atoms with E-state index in [1.54, 1.807) is 11.3 Å². The monoisotopic (exact) mass is 394 g/mol. The standard InChI is InChI=1S/C18H22N2O2S3/c1-13-5-6-14(2)17(10-13)19-18(23)20(11-16-4-3-8-24-16)15-7-9-25(21,22)12-15/h3-6,8,10,15H,7,9,11-12H2,1-2H3,(H,19,23)/t15-/m1/s1. The maximum Gasteiger partial charge on any atom is 0.174 e. The third kappa shape index (κ3) is 4.59. The van der Waals surface area contributed by atoms with Crippen molar-refractivity contribution in [3.63, 3.8) is 0 Å². The molecule has 4 nitrogen and oxygen atoms in total. The number of sulfone groups is 1. The molecule has 0 spiro atoms. The number of nitrogens with zero attached hydrogens (tertiary/aromatic N) is 1. The normalized spacial score (nSPS) is 18.9. The number of anilines is 1. The van der Waals surface area contributed by atoms with Gasteiger partial charge in [-0.15, -0.1) is 11.3 Å². The summed E-state index contributed by atoms with van der Waals surface area (Å²) in [6.07, 6.45) is 0.627. The van der Waals surface area contributed by atoms with Crippen LogP contribution in [0.1, 0.15) is 22.4 Å². The van der Waals surface area contributed by atoms with Crippen molar-refractivity contribution in [2.24, 2.45) is 0 Å². The molecule has 2 heterocycles. The Morgan fingerprint density at radius 1 is 1.36 bits per heavy atom. The largest absolute Gasteiger partial charge is 0.340 e. The summed E-state index contributed by atoms with van der Waals surface area (Å²) in [7, 11) is -2.97. The van der Waals surface area contributed by atoms with Crippen LogP contribution in [-0.2, 0) is 16.4 Å². The predicted octanol–water partition coefficient (Wildman–Crippen LogP) is 3.75. The van der Waals surface area contributed by atoms with Crippen LogP contribution in [0.3, 0.4) is 0 Å². The topological polar surface area (TPSA) is 49.4 Å². The van der Waals surface area contributed by atoms with E-state index in [4.69, 9.17) is 12.2 Å². The van der Waals surface area contributed by atoms with E-state index >= 15 is 0 Å². The summed E-state index contributed by atoms with van der Waals surface area (Å²) in [5.74, 6) is 0.414. The number of thiocarbonyl (C=S) groups is 1. The molecule has 1 atom stereocenters. The van der Waals surface area contributed by atoms with Crippen molar-refractivity contribution in [2.75, 3.05) is 16.8 Å². The average Bonchev–Trinajstić information content (AvgIpc) is 3.17. The Hall–Kier alpha value is -1.44. The van der Waals surface area contributed by atoms with Gasteiger partial charge in [-0.25, -0.2) is 8.42 Å². The minimum Gasteiger partial charge on any atom is -0.340 e. The molecule has 1 aliphatic heterocycles. The Kier molecular flexibility index (Phi) is 5.46. The van der Waals surface area contributed by atoms with Crippen molar-refractivity contribution in [2.45, 2.75) is 32.9 Å². The summed E-state index contributed by atoms with van der Waals surface area (Å²) in [4.78, 5) is 3.21. The van der Waals surface area contributed by atoms with Crippen molar-refractivity contribution in [1.29, 1.82) is 0 Å². The number of nitrogens with one attached hydrogen (secondary N) is 1. The fourth-order valence-corrected chi connectivity index (χ4v) is 5.77. The van der Waals surface area contributed by atoms with E-state index in [-0.39, 0.29) is 17.5 Å². The predicted molar refractivity (Wildman–Crippen MR) is 109 cm³/mol. The summed E-state index contributed by atoms with van der Waals surface area (Å²) in [6, 6.07) is 10.2.